The van der Waals surface area contributed by atoms with Gasteiger partial charge in [-0.1, -0.05) is 40.7 Å². The lowest BCUT2D eigenvalue weighted by atomic mass is 10.1. The van der Waals surface area contributed by atoms with Crippen LogP contribution in [0.4, 0.5) is 0 Å². The van der Waals surface area contributed by atoms with Gasteiger partial charge >= 0.3 is 5.97 Å². The first-order chi connectivity index (χ1) is 11.8. The highest BCUT2D eigenvalue weighted by Gasteiger charge is 2.24. The zero-order chi connectivity index (χ0) is 18.6. The van der Waals surface area contributed by atoms with Crippen molar-refractivity contribution >= 4 is 46.6 Å². The van der Waals surface area contributed by atoms with Crippen LogP contribution in [-0.2, 0) is 16.0 Å². The number of ether oxygens (including phenoxy) is 1. The van der Waals surface area contributed by atoms with E-state index in [0.717, 1.165) is 17.1 Å². The summed E-state index contributed by atoms with van der Waals surface area (Å²) in [7, 11) is 0. The minimum absolute atomic E-state index is 0.316. The zero-order valence-corrected chi connectivity index (χ0v) is 16.2. The van der Waals surface area contributed by atoms with Gasteiger partial charge in [-0.15, -0.1) is 5.10 Å². The first kappa shape index (κ1) is 19.6. The van der Waals surface area contributed by atoms with Crippen molar-refractivity contribution in [2.24, 2.45) is 0 Å². The van der Waals surface area contributed by atoms with Crippen molar-refractivity contribution < 1.29 is 14.3 Å². The molecule has 1 heterocycles. The first-order valence-corrected chi connectivity index (χ1v) is 9.14. The summed E-state index contributed by atoms with van der Waals surface area (Å²) < 4.78 is 8.95. The molecule has 25 heavy (non-hydrogen) atoms. The summed E-state index contributed by atoms with van der Waals surface area (Å²) in [5, 5.41) is 7.58. The number of rotatable bonds is 6. The van der Waals surface area contributed by atoms with Crippen molar-refractivity contribution in [2.75, 3.05) is 0 Å². The molecule has 1 aromatic carbocycles. The number of esters is 1. The predicted molar refractivity (Wildman–Crippen MR) is 97.2 cm³/mol. The number of aryl methyl sites for hydroxylation is 1. The summed E-state index contributed by atoms with van der Waals surface area (Å²) in [6.45, 7) is 5.15. The summed E-state index contributed by atoms with van der Waals surface area (Å²) in [5.74, 6) is -1.03. The Balaban J connectivity index is 1.99. The van der Waals surface area contributed by atoms with Gasteiger partial charge in [0.1, 0.15) is 0 Å². The smallest absolute Gasteiger partial charge is 0.352 e. The lowest BCUT2D eigenvalue weighted by Crippen LogP contribution is -2.37. The third kappa shape index (κ3) is 4.90. The van der Waals surface area contributed by atoms with Crippen LogP contribution < -0.4 is 5.32 Å². The largest absolute Gasteiger partial charge is 0.448 e. The van der Waals surface area contributed by atoms with Gasteiger partial charge in [0.2, 0.25) is 0 Å². The molecule has 2 rings (SSSR count). The maximum atomic E-state index is 12.3. The third-order valence-electron chi connectivity index (χ3n) is 3.52. The number of amides is 1. The number of aromatic nitrogens is 2. The molecule has 0 aliphatic heterocycles. The molecule has 6 nitrogen and oxygen atoms in total. The highest BCUT2D eigenvalue weighted by atomic mass is 35.5. The molecule has 2 atom stereocenters. The second-order valence-corrected chi connectivity index (χ2v) is 6.94. The lowest BCUT2D eigenvalue weighted by molar-refractivity contribution is -0.129. The molecule has 1 aromatic heterocycles. The molecule has 0 spiro atoms. The van der Waals surface area contributed by atoms with Gasteiger partial charge in [-0.25, -0.2) is 4.79 Å². The molecular weight excluding hydrogens is 385 g/mol. The van der Waals surface area contributed by atoms with Crippen molar-refractivity contribution in [3.05, 3.63) is 44.4 Å². The fourth-order valence-corrected chi connectivity index (χ4v) is 3.33. The minimum atomic E-state index is -0.965. The van der Waals surface area contributed by atoms with Crippen LogP contribution in [0.25, 0.3) is 0 Å². The highest BCUT2D eigenvalue weighted by Crippen LogP contribution is 2.26. The summed E-state index contributed by atoms with van der Waals surface area (Å²) in [6, 6.07) is 4.67. The predicted octanol–water partition coefficient (Wildman–Crippen LogP) is 3.83. The molecule has 1 amide bonds. The molecule has 0 saturated heterocycles. The second kappa shape index (κ2) is 8.60. The van der Waals surface area contributed by atoms with E-state index in [9.17, 15) is 9.59 Å². The molecule has 0 saturated carbocycles. The number of nitrogens with zero attached hydrogens (tertiary/aromatic N) is 2. The standard InChI is InChI=1S/C16H17Cl2N3O3S/c1-4-13-14(25-21-20-13)16(23)24-9(3)15(22)19-8(2)11-6-5-10(17)7-12(11)18/h5-9H,4H2,1-3H3,(H,19,22)/t8-,9-/m1/s1. The minimum Gasteiger partial charge on any atom is -0.448 e. The molecule has 0 aliphatic rings. The number of nitrogens with one attached hydrogen (secondary N) is 1. The quantitative estimate of drug-likeness (QED) is 0.743. The summed E-state index contributed by atoms with van der Waals surface area (Å²) >= 11 is 13.0. The van der Waals surface area contributed by atoms with Gasteiger partial charge in [0, 0.05) is 10.0 Å². The Morgan fingerprint density at radius 3 is 2.68 bits per heavy atom. The molecule has 0 unspecified atom stereocenters. The number of halogens is 2. The van der Waals surface area contributed by atoms with Crippen molar-refractivity contribution in [3.8, 4) is 0 Å². The van der Waals surface area contributed by atoms with Crippen LogP contribution in [0.15, 0.2) is 18.2 Å². The molecule has 0 aliphatic carbocycles. The second-order valence-electron chi connectivity index (χ2n) is 5.35. The maximum absolute atomic E-state index is 12.3. The monoisotopic (exact) mass is 401 g/mol. The zero-order valence-electron chi connectivity index (χ0n) is 13.9. The van der Waals surface area contributed by atoms with Gasteiger partial charge in [0.05, 0.1) is 11.7 Å². The molecule has 0 radical (unpaired) electrons. The number of hydrogen-bond acceptors (Lipinski definition) is 6. The molecule has 0 fully saturated rings. The van der Waals surface area contributed by atoms with Gasteiger partial charge in [0.15, 0.2) is 11.0 Å². The first-order valence-electron chi connectivity index (χ1n) is 7.61. The van der Waals surface area contributed by atoms with Crippen LogP contribution in [0.3, 0.4) is 0 Å². The van der Waals surface area contributed by atoms with Gasteiger partial charge in [0.25, 0.3) is 5.91 Å². The fraction of sp³-hybridized carbons (Fsp3) is 0.375. The molecular formula is C16H17Cl2N3O3S. The molecule has 2 aromatic rings. The van der Waals surface area contributed by atoms with E-state index in [0.29, 0.717) is 27.0 Å². The van der Waals surface area contributed by atoms with Crippen LogP contribution in [0.1, 0.15) is 47.7 Å². The van der Waals surface area contributed by atoms with E-state index in [1.54, 1.807) is 25.1 Å². The number of benzene rings is 1. The topological polar surface area (TPSA) is 81.2 Å². The summed E-state index contributed by atoms with van der Waals surface area (Å²) in [5.41, 5.74) is 1.28. The Labute approximate surface area is 159 Å². The van der Waals surface area contributed by atoms with Gasteiger partial charge in [-0.2, -0.15) is 0 Å². The van der Waals surface area contributed by atoms with Crippen molar-refractivity contribution in [3.63, 3.8) is 0 Å². The van der Waals surface area contributed by atoms with Gasteiger partial charge in [-0.3, -0.25) is 4.79 Å². The van der Waals surface area contributed by atoms with Gasteiger partial charge < -0.3 is 10.1 Å². The van der Waals surface area contributed by atoms with Crippen LogP contribution >= 0.6 is 34.7 Å². The van der Waals surface area contributed by atoms with Gasteiger partial charge in [-0.05, 0) is 49.5 Å². The Morgan fingerprint density at radius 2 is 2.04 bits per heavy atom. The average molecular weight is 402 g/mol. The molecule has 1 N–H and O–H groups in total. The van der Waals surface area contributed by atoms with E-state index in [1.165, 1.54) is 6.92 Å². The number of carbonyl (C=O) groups excluding carboxylic acids is 2. The maximum Gasteiger partial charge on any atom is 0.352 e. The number of hydrogen-bond donors (Lipinski definition) is 1. The van der Waals surface area contributed by atoms with E-state index in [-0.39, 0.29) is 6.04 Å². The van der Waals surface area contributed by atoms with E-state index in [4.69, 9.17) is 27.9 Å². The molecule has 9 heteroatoms. The Morgan fingerprint density at radius 1 is 1.32 bits per heavy atom. The normalized spacial score (nSPS) is 13.2. The molecule has 0 bridgehead atoms. The van der Waals surface area contributed by atoms with E-state index in [2.05, 4.69) is 14.9 Å². The Kier molecular flexibility index (Phi) is 6.75. The highest BCUT2D eigenvalue weighted by molar-refractivity contribution is 7.07. The Hall–Kier alpha value is -1.70. The van der Waals surface area contributed by atoms with Crippen LogP contribution in [0, 0.1) is 0 Å². The SMILES string of the molecule is CCc1nnsc1C(=O)O[C@H](C)C(=O)N[C@H](C)c1ccc(Cl)cc1Cl. The van der Waals surface area contributed by atoms with Crippen molar-refractivity contribution in [2.45, 2.75) is 39.3 Å². The fourth-order valence-electron chi connectivity index (χ4n) is 2.12. The van der Waals surface area contributed by atoms with Crippen LogP contribution in [0.5, 0.6) is 0 Å². The Bertz CT molecular complexity index is 782. The third-order valence-corrected chi connectivity index (χ3v) is 4.83. The van der Waals surface area contributed by atoms with E-state index >= 15 is 0 Å². The van der Waals surface area contributed by atoms with E-state index < -0.39 is 18.0 Å². The molecule has 134 valence electrons. The lowest BCUT2D eigenvalue weighted by Gasteiger charge is -2.19. The summed E-state index contributed by atoms with van der Waals surface area (Å²) in [4.78, 5) is 24.7. The van der Waals surface area contributed by atoms with Crippen molar-refractivity contribution in [1.29, 1.82) is 0 Å². The van der Waals surface area contributed by atoms with Crippen LogP contribution in [0.2, 0.25) is 10.0 Å². The van der Waals surface area contributed by atoms with Crippen LogP contribution in [-0.4, -0.2) is 27.6 Å². The average Bonchev–Trinajstić information content (AvgIpc) is 3.03. The van der Waals surface area contributed by atoms with Crippen molar-refractivity contribution in [1.82, 2.24) is 14.9 Å². The van der Waals surface area contributed by atoms with E-state index in [1.807, 2.05) is 6.92 Å². The summed E-state index contributed by atoms with van der Waals surface area (Å²) in [6.07, 6.45) is -0.402. The number of carbonyl (C=O) groups is 2.